The Morgan fingerprint density at radius 2 is 2.28 bits per heavy atom. The molecule has 2 N–H and O–H groups in total. The van der Waals surface area contributed by atoms with Crippen molar-refractivity contribution in [3.8, 4) is 0 Å². The summed E-state index contributed by atoms with van der Waals surface area (Å²) in [7, 11) is 0. The smallest absolute Gasteiger partial charge is 0.371 e. The maximum Gasteiger partial charge on any atom is 0.371 e. The molecule has 0 aliphatic heterocycles. The highest BCUT2D eigenvalue weighted by atomic mass is 16.4. The minimum atomic E-state index is -1.16. The summed E-state index contributed by atoms with van der Waals surface area (Å²) in [6, 6.07) is 4.52. The van der Waals surface area contributed by atoms with E-state index in [1.165, 1.54) is 12.1 Å². The Balaban J connectivity index is 2.34. The van der Waals surface area contributed by atoms with E-state index in [1.807, 2.05) is 13.8 Å². The van der Waals surface area contributed by atoms with Crippen LogP contribution in [0.1, 0.15) is 40.7 Å². The van der Waals surface area contributed by atoms with Crippen molar-refractivity contribution in [2.45, 2.75) is 26.5 Å². The summed E-state index contributed by atoms with van der Waals surface area (Å²) in [6.07, 6.45) is -1.01. The molecule has 96 valence electrons. The average molecular weight is 250 g/mol. The number of hydrogen-bond donors (Lipinski definition) is 2. The van der Waals surface area contributed by atoms with Crippen LogP contribution >= 0.6 is 0 Å². The lowest BCUT2D eigenvalue weighted by Crippen LogP contribution is -2.08. The molecule has 1 atom stereocenters. The van der Waals surface area contributed by atoms with Crippen molar-refractivity contribution in [2.24, 2.45) is 0 Å². The van der Waals surface area contributed by atoms with Crippen LogP contribution in [-0.4, -0.2) is 26.0 Å². The number of carboxylic acids is 1. The monoisotopic (exact) mass is 250 g/mol. The molecule has 0 amide bonds. The molecule has 1 unspecified atom stereocenters. The molecule has 0 radical (unpaired) electrons. The number of nitrogens with zero attached hydrogens (tertiary/aromatic N) is 2. The lowest BCUT2D eigenvalue weighted by atomic mass is 10.2. The molecule has 0 saturated heterocycles. The first-order valence-electron chi connectivity index (χ1n) is 5.58. The molecule has 0 fully saturated rings. The summed E-state index contributed by atoms with van der Waals surface area (Å²) in [6.45, 7) is 4.35. The summed E-state index contributed by atoms with van der Waals surface area (Å²) in [5, 5.41) is 23.1. The van der Waals surface area contributed by atoms with Crippen LogP contribution in [0, 0.1) is 6.92 Å². The summed E-state index contributed by atoms with van der Waals surface area (Å²) < 4.78 is 6.74. The van der Waals surface area contributed by atoms with Crippen molar-refractivity contribution in [1.29, 1.82) is 0 Å². The second-order valence-electron chi connectivity index (χ2n) is 3.94. The highest BCUT2D eigenvalue weighted by Gasteiger charge is 2.21. The van der Waals surface area contributed by atoms with E-state index in [0.29, 0.717) is 12.2 Å². The van der Waals surface area contributed by atoms with Crippen molar-refractivity contribution >= 4 is 5.97 Å². The van der Waals surface area contributed by atoms with Crippen LogP contribution in [0.3, 0.4) is 0 Å². The predicted octanol–water partition coefficient (Wildman–Crippen LogP) is 1.58. The predicted molar refractivity (Wildman–Crippen MR) is 62.4 cm³/mol. The molecule has 0 aliphatic rings. The number of carboxylic acid groups (broad SMARTS) is 1. The number of carbonyl (C=O) groups is 1. The van der Waals surface area contributed by atoms with Gasteiger partial charge in [0.15, 0.2) is 6.10 Å². The summed E-state index contributed by atoms with van der Waals surface area (Å²) in [5.74, 6) is -1.15. The molecule has 2 heterocycles. The third kappa shape index (κ3) is 2.14. The Kier molecular flexibility index (Phi) is 3.20. The van der Waals surface area contributed by atoms with E-state index >= 15 is 0 Å². The molecule has 0 spiro atoms. The summed E-state index contributed by atoms with van der Waals surface area (Å²) in [4.78, 5) is 10.7. The van der Waals surface area contributed by atoms with Gasteiger partial charge in [0.05, 0.1) is 11.4 Å². The van der Waals surface area contributed by atoms with Crippen LogP contribution in [0.4, 0.5) is 0 Å². The number of hydrogen-bond acceptors (Lipinski definition) is 4. The molecule has 2 aromatic rings. The molecular formula is C12H14N2O4. The first-order valence-corrected chi connectivity index (χ1v) is 5.58. The minimum Gasteiger partial charge on any atom is -0.475 e. The molecule has 0 aromatic carbocycles. The largest absolute Gasteiger partial charge is 0.475 e. The van der Waals surface area contributed by atoms with Gasteiger partial charge in [-0.1, -0.05) is 0 Å². The van der Waals surface area contributed by atoms with Gasteiger partial charge in [-0.05, 0) is 32.0 Å². The van der Waals surface area contributed by atoms with Crippen LogP contribution in [0.15, 0.2) is 22.6 Å². The summed E-state index contributed by atoms with van der Waals surface area (Å²) in [5.41, 5.74) is 1.37. The van der Waals surface area contributed by atoms with Gasteiger partial charge in [0.2, 0.25) is 5.76 Å². The topological polar surface area (TPSA) is 88.5 Å². The van der Waals surface area contributed by atoms with E-state index < -0.39 is 12.1 Å². The second-order valence-corrected chi connectivity index (χ2v) is 3.94. The van der Waals surface area contributed by atoms with Crippen LogP contribution < -0.4 is 0 Å². The Labute approximate surface area is 103 Å². The molecule has 0 bridgehead atoms. The van der Waals surface area contributed by atoms with Crippen molar-refractivity contribution in [1.82, 2.24) is 9.78 Å². The van der Waals surface area contributed by atoms with Gasteiger partial charge in [0, 0.05) is 6.54 Å². The molecule has 6 nitrogen and oxygen atoms in total. The number of aromatic carboxylic acids is 1. The van der Waals surface area contributed by atoms with Gasteiger partial charge in [-0.3, -0.25) is 4.68 Å². The molecule has 0 aliphatic carbocycles. The number of rotatable bonds is 4. The van der Waals surface area contributed by atoms with E-state index in [-0.39, 0.29) is 11.5 Å². The second kappa shape index (κ2) is 4.66. The van der Waals surface area contributed by atoms with Crippen molar-refractivity contribution in [3.63, 3.8) is 0 Å². The number of aryl methyl sites for hydroxylation is 2. The third-order valence-corrected chi connectivity index (χ3v) is 2.62. The van der Waals surface area contributed by atoms with Crippen LogP contribution in [-0.2, 0) is 6.54 Å². The highest BCUT2D eigenvalue weighted by molar-refractivity contribution is 5.84. The summed E-state index contributed by atoms with van der Waals surface area (Å²) >= 11 is 0. The Morgan fingerprint density at radius 3 is 2.83 bits per heavy atom. The molecule has 6 heteroatoms. The van der Waals surface area contributed by atoms with E-state index in [0.717, 1.165) is 5.69 Å². The Bertz CT molecular complexity index is 570. The SMILES string of the molecule is CCn1nc(C)cc1C(O)c1ccc(C(=O)O)o1. The standard InChI is InChI=1S/C12H14N2O4/c1-3-14-8(6-7(2)13-14)11(15)9-4-5-10(18-9)12(16)17/h4-6,11,15H,3H2,1-2H3,(H,16,17). The van der Waals surface area contributed by atoms with Gasteiger partial charge in [0.25, 0.3) is 0 Å². The minimum absolute atomic E-state index is 0.191. The van der Waals surface area contributed by atoms with Gasteiger partial charge >= 0.3 is 5.97 Å². The van der Waals surface area contributed by atoms with Gasteiger partial charge < -0.3 is 14.6 Å². The van der Waals surface area contributed by atoms with Crippen LogP contribution in [0.5, 0.6) is 0 Å². The van der Waals surface area contributed by atoms with Crippen molar-refractivity contribution < 1.29 is 19.4 Å². The fourth-order valence-corrected chi connectivity index (χ4v) is 1.80. The quantitative estimate of drug-likeness (QED) is 0.860. The lowest BCUT2D eigenvalue weighted by Gasteiger charge is -2.09. The molecular weight excluding hydrogens is 236 g/mol. The maximum absolute atomic E-state index is 10.7. The fraction of sp³-hybridized carbons (Fsp3) is 0.333. The van der Waals surface area contributed by atoms with Crippen LogP contribution in [0.2, 0.25) is 0 Å². The zero-order valence-corrected chi connectivity index (χ0v) is 10.1. The van der Waals surface area contributed by atoms with Crippen molar-refractivity contribution in [3.05, 3.63) is 41.1 Å². The van der Waals surface area contributed by atoms with E-state index in [4.69, 9.17) is 9.52 Å². The Morgan fingerprint density at radius 1 is 1.56 bits per heavy atom. The van der Waals surface area contributed by atoms with E-state index in [1.54, 1.807) is 10.7 Å². The third-order valence-electron chi connectivity index (χ3n) is 2.62. The highest BCUT2D eigenvalue weighted by Crippen LogP contribution is 2.24. The molecule has 18 heavy (non-hydrogen) atoms. The molecule has 2 rings (SSSR count). The normalized spacial score (nSPS) is 12.6. The van der Waals surface area contributed by atoms with Gasteiger partial charge in [-0.15, -0.1) is 0 Å². The first kappa shape index (κ1) is 12.4. The van der Waals surface area contributed by atoms with E-state index in [9.17, 15) is 9.90 Å². The fourth-order valence-electron chi connectivity index (χ4n) is 1.80. The average Bonchev–Trinajstić information content (AvgIpc) is 2.94. The van der Waals surface area contributed by atoms with Gasteiger partial charge in [-0.2, -0.15) is 5.10 Å². The molecule has 2 aromatic heterocycles. The number of furan rings is 1. The Hall–Kier alpha value is -2.08. The zero-order valence-electron chi connectivity index (χ0n) is 10.1. The van der Waals surface area contributed by atoms with Gasteiger partial charge in [-0.25, -0.2) is 4.79 Å². The number of aromatic nitrogens is 2. The van der Waals surface area contributed by atoms with E-state index in [2.05, 4.69) is 5.10 Å². The molecule has 0 saturated carbocycles. The van der Waals surface area contributed by atoms with Crippen LogP contribution in [0.25, 0.3) is 0 Å². The van der Waals surface area contributed by atoms with Crippen molar-refractivity contribution in [2.75, 3.05) is 0 Å². The zero-order chi connectivity index (χ0) is 13.3. The van der Waals surface area contributed by atoms with Gasteiger partial charge in [0.1, 0.15) is 5.76 Å². The number of aliphatic hydroxyl groups is 1. The first-order chi connectivity index (χ1) is 8.52. The lowest BCUT2D eigenvalue weighted by molar-refractivity contribution is 0.0654. The number of aliphatic hydroxyl groups excluding tert-OH is 1. The maximum atomic E-state index is 10.7.